The molecule has 2 heterocycles. The molecule has 33 heavy (non-hydrogen) atoms. The minimum Gasteiger partial charge on any atom is -0.495 e. The van der Waals surface area contributed by atoms with Gasteiger partial charge in [-0.15, -0.1) is 0 Å². The number of anilines is 1. The standard InChI is InChI=1S/C27H29N3O3/c1-19(2)26(31)30-17-16-29(23-10-6-7-11-25(23)33-3)27(32)24(30)18-21-8-4-5-9-22(21)20-12-14-28-15-13-20/h4-15,19,24H,16-18H2,1-3H3. The van der Waals surface area contributed by atoms with Crippen molar-refractivity contribution in [2.45, 2.75) is 26.3 Å². The Morgan fingerprint density at radius 1 is 1.03 bits per heavy atom. The van der Waals surface area contributed by atoms with Crippen molar-refractivity contribution in [1.29, 1.82) is 0 Å². The van der Waals surface area contributed by atoms with Gasteiger partial charge in [0.1, 0.15) is 11.8 Å². The van der Waals surface area contributed by atoms with Crippen molar-refractivity contribution < 1.29 is 14.3 Å². The first kappa shape index (κ1) is 22.5. The summed E-state index contributed by atoms with van der Waals surface area (Å²) in [4.78, 5) is 34.6. The molecule has 1 atom stereocenters. The van der Waals surface area contributed by atoms with Gasteiger partial charge in [0.15, 0.2) is 0 Å². The number of piperazine rings is 1. The third kappa shape index (κ3) is 4.60. The first-order valence-electron chi connectivity index (χ1n) is 11.2. The summed E-state index contributed by atoms with van der Waals surface area (Å²) >= 11 is 0. The smallest absolute Gasteiger partial charge is 0.250 e. The van der Waals surface area contributed by atoms with Crippen molar-refractivity contribution in [3.8, 4) is 16.9 Å². The molecule has 1 aromatic heterocycles. The quantitative estimate of drug-likeness (QED) is 0.573. The van der Waals surface area contributed by atoms with Gasteiger partial charge in [-0.1, -0.05) is 50.2 Å². The fourth-order valence-electron chi connectivity index (χ4n) is 4.39. The van der Waals surface area contributed by atoms with Crippen LogP contribution in [0.5, 0.6) is 5.75 Å². The van der Waals surface area contributed by atoms with E-state index in [0.29, 0.717) is 25.3 Å². The van der Waals surface area contributed by atoms with Gasteiger partial charge in [-0.3, -0.25) is 14.6 Å². The molecule has 0 saturated carbocycles. The number of hydrogen-bond acceptors (Lipinski definition) is 4. The lowest BCUT2D eigenvalue weighted by atomic mass is 9.93. The summed E-state index contributed by atoms with van der Waals surface area (Å²) in [6.07, 6.45) is 3.95. The van der Waals surface area contributed by atoms with Crippen molar-refractivity contribution in [3.05, 3.63) is 78.6 Å². The molecular formula is C27H29N3O3. The van der Waals surface area contributed by atoms with Gasteiger partial charge in [0.05, 0.1) is 12.8 Å². The van der Waals surface area contributed by atoms with Crippen molar-refractivity contribution in [3.63, 3.8) is 0 Å². The number of hydrogen-bond donors (Lipinski definition) is 0. The summed E-state index contributed by atoms with van der Waals surface area (Å²) in [5.74, 6) is 0.359. The minimum absolute atomic E-state index is 0.00517. The summed E-state index contributed by atoms with van der Waals surface area (Å²) in [7, 11) is 1.60. The molecule has 0 aliphatic carbocycles. The summed E-state index contributed by atoms with van der Waals surface area (Å²) in [6, 6.07) is 18.9. The zero-order valence-electron chi connectivity index (χ0n) is 19.3. The molecule has 4 rings (SSSR count). The van der Waals surface area contributed by atoms with Crippen LogP contribution < -0.4 is 9.64 Å². The molecule has 0 N–H and O–H groups in total. The molecule has 2 aromatic carbocycles. The average Bonchev–Trinajstić information content (AvgIpc) is 2.85. The fourth-order valence-corrected chi connectivity index (χ4v) is 4.39. The van der Waals surface area contributed by atoms with Gasteiger partial charge in [0, 0.05) is 37.8 Å². The van der Waals surface area contributed by atoms with Crippen LogP contribution >= 0.6 is 0 Å². The van der Waals surface area contributed by atoms with Gasteiger partial charge in [-0.2, -0.15) is 0 Å². The molecule has 1 saturated heterocycles. The van der Waals surface area contributed by atoms with Gasteiger partial charge in [-0.25, -0.2) is 0 Å². The zero-order chi connectivity index (χ0) is 23.4. The van der Waals surface area contributed by atoms with Crippen molar-refractivity contribution in [2.24, 2.45) is 5.92 Å². The van der Waals surface area contributed by atoms with Crippen LogP contribution in [-0.2, 0) is 16.0 Å². The largest absolute Gasteiger partial charge is 0.495 e. The summed E-state index contributed by atoms with van der Waals surface area (Å²) in [6.45, 7) is 4.66. The lowest BCUT2D eigenvalue weighted by Crippen LogP contribution is -2.60. The highest BCUT2D eigenvalue weighted by atomic mass is 16.5. The molecule has 0 spiro atoms. The number of rotatable bonds is 6. The predicted molar refractivity (Wildman–Crippen MR) is 129 cm³/mol. The SMILES string of the molecule is COc1ccccc1N1CCN(C(=O)C(C)C)C(Cc2ccccc2-c2ccncc2)C1=O. The van der Waals surface area contributed by atoms with Crippen LogP contribution in [0.4, 0.5) is 5.69 Å². The van der Waals surface area contributed by atoms with E-state index in [1.54, 1.807) is 29.3 Å². The number of carbonyl (C=O) groups is 2. The van der Waals surface area contributed by atoms with E-state index in [9.17, 15) is 9.59 Å². The van der Waals surface area contributed by atoms with Crippen molar-refractivity contribution >= 4 is 17.5 Å². The van der Waals surface area contributed by atoms with Crippen LogP contribution in [0.1, 0.15) is 19.4 Å². The van der Waals surface area contributed by atoms with Crippen LogP contribution in [0.25, 0.3) is 11.1 Å². The minimum atomic E-state index is -0.596. The van der Waals surface area contributed by atoms with E-state index in [-0.39, 0.29) is 17.7 Å². The molecule has 1 unspecified atom stereocenters. The van der Waals surface area contributed by atoms with E-state index in [2.05, 4.69) is 4.98 Å². The molecule has 0 radical (unpaired) electrons. The second kappa shape index (κ2) is 9.86. The average molecular weight is 444 g/mol. The third-order valence-electron chi connectivity index (χ3n) is 6.07. The maximum Gasteiger partial charge on any atom is 0.250 e. The van der Waals surface area contributed by atoms with E-state index < -0.39 is 6.04 Å². The topological polar surface area (TPSA) is 62.7 Å². The maximum absolute atomic E-state index is 13.9. The Bertz CT molecular complexity index is 1130. The van der Waals surface area contributed by atoms with Gasteiger partial charge in [0.2, 0.25) is 11.8 Å². The Labute approximate surface area is 194 Å². The molecule has 1 fully saturated rings. The number of ether oxygens (including phenoxy) is 1. The van der Waals surface area contributed by atoms with Crippen LogP contribution in [-0.4, -0.2) is 47.9 Å². The Morgan fingerprint density at radius 3 is 2.45 bits per heavy atom. The fraction of sp³-hybridized carbons (Fsp3) is 0.296. The number of methoxy groups -OCH3 is 1. The molecule has 1 aliphatic heterocycles. The normalized spacial score (nSPS) is 16.2. The third-order valence-corrected chi connectivity index (χ3v) is 6.07. The molecule has 6 heteroatoms. The molecule has 0 bridgehead atoms. The monoisotopic (exact) mass is 443 g/mol. The molecule has 2 amide bonds. The van der Waals surface area contributed by atoms with Gasteiger partial charge in [-0.05, 0) is 41.0 Å². The second-order valence-corrected chi connectivity index (χ2v) is 8.46. The second-order valence-electron chi connectivity index (χ2n) is 8.46. The van der Waals surface area contributed by atoms with Crippen LogP contribution in [0.2, 0.25) is 0 Å². The summed E-state index contributed by atoms with van der Waals surface area (Å²) in [5, 5.41) is 0. The number of aromatic nitrogens is 1. The predicted octanol–water partition coefficient (Wildman–Crippen LogP) is 4.20. The lowest BCUT2D eigenvalue weighted by molar-refractivity contribution is -0.143. The van der Waals surface area contributed by atoms with Crippen LogP contribution in [0.15, 0.2) is 73.1 Å². The van der Waals surface area contributed by atoms with Gasteiger partial charge in [0.25, 0.3) is 0 Å². The highest BCUT2D eigenvalue weighted by Gasteiger charge is 2.39. The van der Waals surface area contributed by atoms with Gasteiger partial charge >= 0.3 is 0 Å². The molecule has 1 aliphatic rings. The highest BCUT2D eigenvalue weighted by molar-refractivity contribution is 6.02. The lowest BCUT2D eigenvalue weighted by Gasteiger charge is -2.42. The van der Waals surface area contributed by atoms with Crippen LogP contribution in [0.3, 0.4) is 0 Å². The Morgan fingerprint density at radius 2 is 1.73 bits per heavy atom. The van der Waals surface area contributed by atoms with E-state index >= 15 is 0 Å². The number of para-hydroxylation sites is 2. The Hall–Kier alpha value is -3.67. The Kier molecular flexibility index (Phi) is 6.73. The molecule has 170 valence electrons. The van der Waals surface area contributed by atoms with Crippen LogP contribution in [0, 0.1) is 5.92 Å². The van der Waals surface area contributed by atoms with Crippen molar-refractivity contribution in [1.82, 2.24) is 9.88 Å². The molecule has 6 nitrogen and oxygen atoms in total. The zero-order valence-corrected chi connectivity index (χ0v) is 19.3. The number of amides is 2. The highest BCUT2D eigenvalue weighted by Crippen LogP contribution is 2.32. The molecule has 3 aromatic rings. The first-order valence-corrected chi connectivity index (χ1v) is 11.2. The van der Waals surface area contributed by atoms with E-state index in [0.717, 1.165) is 22.4 Å². The summed E-state index contributed by atoms with van der Waals surface area (Å²) < 4.78 is 5.51. The van der Waals surface area contributed by atoms with Crippen molar-refractivity contribution in [2.75, 3.05) is 25.1 Å². The maximum atomic E-state index is 13.9. The van der Waals surface area contributed by atoms with E-state index in [4.69, 9.17) is 4.74 Å². The summed E-state index contributed by atoms with van der Waals surface area (Å²) in [5.41, 5.74) is 3.82. The Balaban J connectivity index is 1.73. The first-order chi connectivity index (χ1) is 16.0. The van der Waals surface area contributed by atoms with E-state index in [1.807, 2.05) is 74.5 Å². The molecular weight excluding hydrogens is 414 g/mol. The number of nitrogens with zero attached hydrogens (tertiary/aromatic N) is 3. The van der Waals surface area contributed by atoms with Gasteiger partial charge < -0.3 is 14.5 Å². The number of carbonyl (C=O) groups excluding carboxylic acids is 2. The van der Waals surface area contributed by atoms with E-state index in [1.165, 1.54) is 0 Å². The number of pyridine rings is 1. The number of benzene rings is 2.